The van der Waals surface area contributed by atoms with Gasteiger partial charge >= 0.3 is 7.41 Å². The van der Waals surface area contributed by atoms with Gasteiger partial charge in [-0.2, -0.15) is 5.26 Å². The number of nitrogens with zero attached hydrogens (tertiary/aromatic N) is 4. The molecule has 2 aliphatic rings. The Morgan fingerprint density at radius 3 is 2.59 bits per heavy atom. The summed E-state index contributed by atoms with van der Waals surface area (Å²) in [5.41, 5.74) is 4.71. The fourth-order valence-electron chi connectivity index (χ4n) is 5.65. The molecule has 0 spiro atoms. The van der Waals surface area contributed by atoms with Crippen LogP contribution < -0.4 is 10.1 Å². The van der Waals surface area contributed by atoms with Gasteiger partial charge in [-0.15, -0.1) is 0 Å². The normalized spacial score (nSPS) is 18.2. The van der Waals surface area contributed by atoms with Crippen molar-refractivity contribution >= 4 is 49.1 Å². The van der Waals surface area contributed by atoms with E-state index in [0.717, 1.165) is 47.1 Å². The number of sulfone groups is 1. The van der Waals surface area contributed by atoms with E-state index in [1.807, 2.05) is 10.9 Å². The average Bonchev–Trinajstić information content (AvgIpc) is 3.78. The Balaban J connectivity index is 1.50. The van der Waals surface area contributed by atoms with Crippen molar-refractivity contribution in [3.8, 4) is 17.3 Å². The van der Waals surface area contributed by atoms with Gasteiger partial charge in [0.1, 0.15) is 12.3 Å². The Bertz CT molecular complexity index is 1800. The van der Waals surface area contributed by atoms with E-state index < -0.39 is 23.6 Å². The maximum Gasteiger partial charge on any atom is 0.329 e. The Morgan fingerprint density at radius 2 is 1.96 bits per heavy atom. The van der Waals surface area contributed by atoms with Crippen LogP contribution in [-0.2, 0) is 30.9 Å². The lowest BCUT2D eigenvalue weighted by Crippen LogP contribution is -2.46. The first-order valence-corrected chi connectivity index (χ1v) is 20.6. The lowest BCUT2D eigenvalue weighted by molar-refractivity contribution is 0.219. The zero-order chi connectivity index (χ0) is 33.5. The lowest BCUT2D eigenvalue weighted by Gasteiger charge is -2.39. The van der Waals surface area contributed by atoms with Gasteiger partial charge in [-0.25, -0.2) is 18.4 Å². The first kappa shape index (κ1) is 33.8. The lowest BCUT2D eigenvalue weighted by atomic mass is 9.83. The zero-order valence-corrected chi connectivity index (χ0v) is 29.7. The largest absolute Gasteiger partial charge is 0.416 e. The summed E-state index contributed by atoms with van der Waals surface area (Å²) < 4.78 is 31.3. The second-order valence-corrected chi connectivity index (χ2v) is 21.3. The fraction of sp³-hybridized carbons (Fsp3) is 0.471. The number of aromatic nitrogens is 2. The molecular weight excluding hydrogens is 613 g/mol. The molecule has 3 aromatic rings. The van der Waals surface area contributed by atoms with Gasteiger partial charge < -0.3 is 19.3 Å². The summed E-state index contributed by atoms with van der Waals surface area (Å²) in [6, 6.07) is 13.2. The number of hydrogen-bond donors (Lipinski definition) is 1. The van der Waals surface area contributed by atoms with E-state index in [1.165, 1.54) is 26.5 Å². The maximum absolute atomic E-state index is 12.3. The van der Waals surface area contributed by atoms with E-state index in [2.05, 4.69) is 63.2 Å². The summed E-state index contributed by atoms with van der Waals surface area (Å²) in [5, 5.41) is 13.6. The molecule has 0 saturated heterocycles. The maximum atomic E-state index is 12.3. The predicted octanol–water partition coefficient (Wildman–Crippen LogP) is 6.41. The number of carbonyl (C=O) groups is 1. The summed E-state index contributed by atoms with van der Waals surface area (Å²) in [4.78, 5) is 23.1. The number of anilines is 3. The second kappa shape index (κ2) is 12.6. The zero-order valence-electron chi connectivity index (χ0n) is 27.8. The number of nitrogens with one attached hydrogen (secondary N) is 1. The summed E-state index contributed by atoms with van der Waals surface area (Å²) in [7, 11) is -3.94. The van der Waals surface area contributed by atoms with Crippen LogP contribution in [0.3, 0.4) is 0 Å². The van der Waals surface area contributed by atoms with E-state index in [9.17, 15) is 18.5 Å². The smallest absolute Gasteiger partial charge is 0.329 e. The highest BCUT2D eigenvalue weighted by Crippen LogP contribution is 2.46. The molecule has 1 saturated carbocycles. The summed E-state index contributed by atoms with van der Waals surface area (Å²) in [5.74, 6) is 1.07. The summed E-state index contributed by atoms with van der Waals surface area (Å²) in [6.07, 6.45) is 7.85. The molecule has 1 fully saturated rings. The molecule has 5 rings (SSSR count). The molecule has 1 aromatic heterocycles. The van der Waals surface area contributed by atoms with Crippen LogP contribution in [0.2, 0.25) is 18.1 Å². The number of hydrogen-bond acceptors (Lipinski definition) is 9. The van der Waals surface area contributed by atoms with Crippen LogP contribution in [0.15, 0.2) is 47.5 Å². The molecule has 0 unspecified atom stereocenters. The Labute approximate surface area is 275 Å². The third-order valence-electron chi connectivity index (χ3n) is 9.71. The highest BCUT2D eigenvalue weighted by atomic mass is 32.2. The highest BCUT2D eigenvalue weighted by Gasteiger charge is 2.44. The van der Waals surface area contributed by atoms with Crippen LogP contribution in [0.5, 0.6) is 0 Å². The number of carbonyl (C=O) groups excluding carboxylic acids is 1. The number of nitriles is 1. The van der Waals surface area contributed by atoms with Crippen LogP contribution in [0, 0.1) is 17.2 Å². The molecule has 241 valence electrons. The second-order valence-electron chi connectivity index (χ2n) is 14.5. The minimum atomic E-state index is -3.35. The monoisotopic (exact) mass is 656 g/mol. The van der Waals surface area contributed by atoms with Crippen molar-refractivity contribution in [3.63, 3.8) is 0 Å². The molecule has 46 heavy (non-hydrogen) atoms. The van der Waals surface area contributed by atoms with E-state index in [-0.39, 0.29) is 5.04 Å². The van der Waals surface area contributed by atoms with Crippen molar-refractivity contribution < 1.29 is 17.6 Å². The highest BCUT2D eigenvalue weighted by molar-refractivity contribution is 7.90. The molecule has 1 atom stereocenters. The minimum absolute atomic E-state index is 0.0340. The molecule has 1 aliphatic carbocycles. The van der Waals surface area contributed by atoms with Gasteiger partial charge in [0, 0.05) is 48.0 Å². The van der Waals surface area contributed by atoms with E-state index in [4.69, 9.17) is 9.41 Å². The van der Waals surface area contributed by atoms with Crippen molar-refractivity contribution in [2.24, 2.45) is 5.92 Å². The molecule has 2 heterocycles. The van der Waals surface area contributed by atoms with Crippen LogP contribution in [0.1, 0.15) is 63.6 Å². The topological polar surface area (TPSA) is 125 Å². The molecule has 9 nitrogen and oxygen atoms in total. The van der Waals surface area contributed by atoms with Gasteiger partial charge in [-0.05, 0) is 84.4 Å². The number of fused-ring (bicyclic) bond motifs is 1. The minimum Gasteiger partial charge on any atom is -0.416 e. The van der Waals surface area contributed by atoms with Gasteiger partial charge in [0.2, 0.25) is 5.95 Å². The van der Waals surface area contributed by atoms with Crippen LogP contribution in [0.25, 0.3) is 11.3 Å². The quantitative estimate of drug-likeness (QED) is 0.174. The number of aryl methyl sites for hydroxylation is 1. The van der Waals surface area contributed by atoms with Crippen molar-refractivity contribution in [3.05, 3.63) is 59.3 Å². The first-order valence-electron chi connectivity index (χ1n) is 15.8. The van der Waals surface area contributed by atoms with Crippen molar-refractivity contribution in [2.75, 3.05) is 29.5 Å². The van der Waals surface area contributed by atoms with Gasteiger partial charge in [-0.3, -0.25) is 0 Å². The van der Waals surface area contributed by atoms with Gasteiger partial charge in [0.05, 0.1) is 16.2 Å². The summed E-state index contributed by atoms with van der Waals surface area (Å²) in [6.45, 7) is 14.2. The predicted molar refractivity (Wildman–Crippen MR) is 186 cm³/mol. The molecule has 2 aromatic carbocycles. The van der Waals surface area contributed by atoms with Crippen LogP contribution in [0.4, 0.5) is 17.3 Å². The molecule has 0 bridgehead atoms. The number of benzene rings is 2. The van der Waals surface area contributed by atoms with Crippen molar-refractivity contribution in [2.45, 2.75) is 81.8 Å². The molecule has 0 amide bonds. The molecule has 12 heteroatoms. The Hall–Kier alpha value is -3.53. The fourth-order valence-corrected chi connectivity index (χ4v) is 7.44. The SMILES string of the molecule is CC(C)(C)[Si](C)(C)OC[C@@]1(C)CN([B]C=O)c2c(C#N)cc(-c3ccnc(Nc4ccc(S(C)(=O)=O)cc4CCC4CC4)n3)cc21. The van der Waals surface area contributed by atoms with E-state index in [0.29, 0.717) is 41.2 Å². The summed E-state index contributed by atoms with van der Waals surface area (Å²) >= 11 is 0. The van der Waals surface area contributed by atoms with E-state index in [1.54, 1.807) is 30.5 Å². The van der Waals surface area contributed by atoms with Gasteiger partial charge in [0.15, 0.2) is 18.2 Å². The average molecular weight is 657 g/mol. The standard InChI is InChI=1S/C34H43BN5O4SSi/c1-33(2,3)46(6,7)44-21-34(4)20-40(35-22-41)31-26(19-36)16-25(18-28(31)34)30-14-15-37-32(39-30)38-29-13-12-27(45(5,42)43)17-24(29)11-10-23-8-9-23/h12-18,22-23H,8-11,20-21H2,1-7H3,(H,37,38,39)/t34-/m1/s1. The Morgan fingerprint density at radius 1 is 1.22 bits per heavy atom. The molecule has 1 N–H and O–H groups in total. The third kappa shape index (κ3) is 7.22. The molecule has 1 radical (unpaired) electrons. The van der Waals surface area contributed by atoms with Gasteiger partial charge in [0.25, 0.3) is 0 Å². The van der Waals surface area contributed by atoms with Crippen molar-refractivity contribution in [1.29, 1.82) is 5.26 Å². The third-order valence-corrected chi connectivity index (χ3v) is 15.3. The van der Waals surface area contributed by atoms with Crippen LogP contribution >= 0.6 is 0 Å². The van der Waals surface area contributed by atoms with E-state index >= 15 is 0 Å². The van der Waals surface area contributed by atoms with Gasteiger partial charge in [-0.1, -0.05) is 40.5 Å². The first-order chi connectivity index (χ1) is 21.5. The van der Waals surface area contributed by atoms with Crippen molar-refractivity contribution in [1.82, 2.24) is 9.97 Å². The molecule has 1 aliphatic heterocycles. The molecular formula is C34H43BN5O4SSi. The Kier molecular flexibility index (Phi) is 9.25. The van der Waals surface area contributed by atoms with Crippen LogP contribution in [-0.4, -0.2) is 59.7 Å². The number of rotatable bonds is 12.